The van der Waals surface area contributed by atoms with E-state index in [9.17, 15) is 18.5 Å². The van der Waals surface area contributed by atoms with Gasteiger partial charge >= 0.3 is 0 Å². The number of rotatable bonds is 4. The maximum Gasteiger partial charge on any atom is 0.270 e. The molecule has 0 amide bonds. The van der Waals surface area contributed by atoms with E-state index in [1.165, 1.54) is 12.1 Å². The summed E-state index contributed by atoms with van der Waals surface area (Å²) in [6.45, 7) is 2.96. The van der Waals surface area contributed by atoms with E-state index < -0.39 is 14.9 Å². The molecular weight excluding hydrogens is 270 g/mol. The van der Waals surface area contributed by atoms with Crippen molar-refractivity contribution in [1.29, 1.82) is 0 Å². The molecule has 2 rings (SSSR count). The average Bonchev–Trinajstić information content (AvgIpc) is 2.81. The zero-order chi connectivity index (χ0) is 14.0. The van der Waals surface area contributed by atoms with E-state index in [1.807, 2.05) is 0 Å². The predicted molar refractivity (Wildman–Crippen MR) is 69.4 cm³/mol. The van der Waals surface area contributed by atoms with E-state index in [-0.39, 0.29) is 16.6 Å². The van der Waals surface area contributed by atoms with E-state index >= 15 is 0 Å². The summed E-state index contributed by atoms with van der Waals surface area (Å²) < 4.78 is 27.0. The third-order valence-electron chi connectivity index (χ3n) is 3.05. The second-order valence-electron chi connectivity index (χ2n) is 4.52. The molecule has 1 saturated heterocycles. The normalized spacial score (nSPS) is 19.5. The number of sulfonamides is 1. The van der Waals surface area contributed by atoms with Gasteiger partial charge in [0.2, 0.25) is 10.0 Å². The van der Waals surface area contributed by atoms with Crippen molar-refractivity contribution in [3.8, 4) is 0 Å². The Kier molecular flexibility index (Phi) is 3.83. The van der Waals surface area contributed by atoms with Crippen LogP contribution < -0.4 is 10.0 Å². The van der Waals surface area contributed by atoms with Gasteiger partial charge in [-0.2, -0.15) is 0 Å². The van der Waals surface area contributed by atoms with Crippen LogP contribution >= 0.6 is 0 Å². The fourth-order valence-electron chi connectivity index (χ4n) is 2.03. The molecule has 0 spiro atoms. The van der Waals surface area contributed by atoms with Crippen LogP contribution in [0.3, 0.4) is 0 Å². The lowest BCUT2D eigenvalue weighted by atomic mass is 10.2. The molecule has 8 heteroatoms. The van der Waals surface area contributed by atoms with E-state index in [0.29, 0.717) is 18.5 Å². The first-order valence-electron chi connectivity index (χ1n) is 5.88. The Bertz CT molecular complexity index is 594. The minimum Gasteiger partial charge on any atom is -0.315 e. The number of nitro groups is 1. The summed E-state index contributed by atoms with van der Waals surface area (Å²) in [7, 11) is -3.72. The Balaban J connectivity index is 2.33. The fourth-order valence-corrected chi connectivity index (χ4v) is 3.56. The summed E-state index contributed by atoms with van der Waals surface area (Å²) in [4.78, 5) is 10.1. The molecule has 2 N–H and O–H groups in total. The monoisotopic (exact) mass is 285 g/mol. The highest BCUT2D eigenvalue weighted by Crippen LogP contribution is 2.22. The van der Waals surface area contributed by atoms with E-state index in [2.05, 4.69) is 10.0 Å². The summed E-state index contributed by atoms with van der Waals surface area (Å²) in [6, 6.07) is 3.68. The number of hydrogen-bond acceptors (Lipinski definition) is 5. The Morgan fingerprint density at radius 2 is 2.21 bits per heavy atom. The molecule has 1 aliphatic heterocycles. The highest BCUT2D eigenvalue weighted by atomic mass is 32.2. The van der Waals surface area contributed by atoms with Crippen LogP contribution in [0, 0.1) is 17.0 Å². The van der Waals surface area contributed by atoms with Crippen molar-refractivity contribution in [3.05, 3.63) is 33.9 Å². The SMILES string of the molecule is Cc1ccc([N+](=O)[O-])cc1S(=O)(=O)N[C@@H]1CCNC1. The van der Waals surface area contributed by atoms with Crippen molar-refractivity contribution in [1.82, 2.24) is 10.0 Å². The molecule has 1 heterocycles. The second kappa shape index (κ2) is 5.24. The van der Waals surface area contributed by atoms with Gasteiger partial charge in [-0.25, -0.2) is 13.1 Å². The van der Waals surface area contributed by atoms with Crippen LogP contribution in [0.25, 0.3) is 0 Å². The van der Waals surface area contributed by atoms with Gasteiger partial charge in [-0.05, 0) is 25.5 Å². The van der Waals surface area contributed by atoms with Crippen LogP contribution in [0.4, 0.5) is 5.69 Å². The smallest absolute Gasteiger partial charge is 0.270 e. The Morgan fingerprint density at radius 3 is 2.79 bits per heavy atom. The van der Waals surface area contributed by atoms with Gasteiger partial charge in [0, 0.05) is 24.7 Å². The lowest BCUT2D eigenvalue weighted by Gasteiger charge is -2.13. The highest BCUT2D eigenvalue weighted by molar-refractivity contribution is 7.89. The van der Waals surface area contributed by atoms with Crippen molar-refractivity contribution in [2.75, 3.05) is 13.1 Å². The molecule has 1 aromatic rings. The Morgan fingerprint density at radius 1 is 1.47 bits per heavy atom. The molecule has 0 aliphatic carbocycles. The van der Waals surface area contributed by atoms with Crippen molar-refractivity contribution >= 4 is 15.7 Å². The van der Waals surface area contributed by atoms with Crippen molar-refractivity contribution < 1.29 is 13.3 Å². The number of nitrogens with zero attached hydrogens (tertiary/aromatic N) is 1. The van der Waals surface area contributed by atoms with E-state index in [0.717, 1.165) is 12.6 Å². The molecule has 0 unspecified atom stereocenters. The lowest BCUT2D eigenvalue weighted by Crippen LogP contribution is -2.36. The van der Waals surface area contributed by atoms with Gasteiger partial charge in [0.05, 0.1) is 9.82 Å². The third-order valence-corrected chi connectivity index (χ3v) is 4.72. The molecule has 19 heavy (non-hydrogen) atoms. The zero-order valence-electron chi connectivity index (χ0n) is 10.4. The Labute approximate surface area is 111 Å². The van der Waals surface area contributed by atoms with Gasteiger partial charge in [-0.15, -0.1) is 0 Å². The molecule has 0 aromatic heterocycles. The number of benzene rings is 1. The highest BCUT2D eigenvalue weighted by Gasteiger charge is 2.25. The van der Waals surface area contributed by atoms with Crippen LogP contribution in [0.2, 0.25) is 0 Å². The molecule has 0 bridgehead atoms. The zero-order valence-corrected chi connectivity index (χ0v) is 11.2. The van der Waals surface area contributed by atoms with E-state index in [1.54, 1.807) is 6.92 Å². The number of nitrogens with one attached hydrogen (secondary N) is 2. The standard InChI is InChI=1S/C11H15N3O4S/c1-8-2-3-10(14(15)16)6-11(8)19(17,18)13-9-4-5-12-7-9/h2-3,6,9,12-13H,4-5,7H2,1H3/t9-/m1/s1. The summed E-state index contributed by atoms with van der Waals surface area (Å²) in [6.07, 6.45) is 0.715. The number of nitro benzene ring substituents is 1. The molecule has 0 radical (unpaired) electrons. The van der Waals surface area contributed by atoms with Gasteiger partial charge in [-0.1, -0.05) is 6.07 Å². The molecule has 1 atom stereocenters. The Hall–Kier alpha value is -1.51. The van der Waals surface area contributed by atoms with Gasteiger partial charge in [-0.3, -0.25) is 10.1 Å². The third kappa shape index (κ3) is 3.09. The van der Waals surface area contributed by atoms with Crippen LogP contribution in [-0.2, 0) is 10.0 Å². The van der Waals surface area contributed by atoms with Crippen LogP contribution in [0.15, 0.2) is 23.1 Å². The number of non-ortho nitro benzene ring substituents is 1. The molecular formula is C11H15N3O4S. The number of hydrogen-bond donors (Lipinski definition) is 2. The van der Waals surface area contributed by atoms with Crippen LogP contribution in [0.5, 0.6) is 0 Å². The summed E-state index contributed by atoms with van der Waals surface area (Å²) in [5, 5.41) is 13.8. The van der Waals surface area contributed by atoms with Gasteiger partial charge in [0.15, 0.2) is 0 Å². The molecule has 7 nitrogen and oxygen atoms in total. The maximum absolute atomic E-state index is 12.2. The first-order valence-corrected chi connectivity index (χ1v) is 7.36. The topological polar surface area (TPSA) is 101 Å². The summed E-state index contributed by atoms with van der Waals surface area (Å²) >= 11 is 0. The van der Waals surface area contributed by atoms with Crippen molar-refractivity contribution in [3.63, 3.8) is 0 Å². The second-order valence-corrected chi connectivity index (χ2v) is 6.20. The lowest BCUT2D eigenvalue weighted by molar-refractivity contribution is -0.385. The first-order chi connectivity index (χ1) is 8.90. The molecule has 1 aromatic carbocycles. The first kappa shape index (κ1) is 13.9. The van der Waals surface area contributed by atoms with E-state index in [4.69, 9.17) is 0 Å². The van der Waals surface area contributed by atoms with Crippen LogP contribution in [0.1, 0.15) is 12.0 Å². The quantitative estimate of drug-likeness (QED) is 0.621. The average molecular weight is 285 g/mol. The maximum atomic E-state index is 12.2. The number of aryl methyl sites for hydroxylation is 1. The molecule has 1 fully saturated rings. The molecule has 0 saturated carbocycles. The minimum absolute atomic E-state index is 0.0337. The predicted octanol–water partition coefficient (Wildman–Crippen LogP) is 0.543. The van der Waals surface area contributed by atoms with Crippen molar-refractivity contribution in [2.24, 2.45) is 0 Å². The fraction of sp³-hybridized carbons (Fsp3) is 0.455. The van der Waals surface area contributed by atoms with Gasteiger partial charge in [0.1, 0.15) is 0 Å². The van der Waals surface area contributed by atoms with Gasteiger partial charge < -0.3 is 5.32 Å². The van der Waals surface area contributed by atoms with Crippen molar-refractivity contribution in [2.45, 2.75) is 24.3 Å². The van der Waals surface area contributed by atoms with Gasteiger partial charge in [0.25, 0.3) is 5.69 Å². The largest absolute Gasteiger partial charge is 0.315 e. The molecule has 104 valence electrons. The summed E-state index contributed by atoms with van der Waals surface area (Å²) in [5.41, 5.74) is 0.263. The molecule has 1 aliphatic rings. The minimum atomic E-state index is -3.72. The van der Waals surface area contributed by atoms with Crippen LogP contribution in [-0.4, -0.2) is 32.5 Å². The summed E-state index contributed by atoms with van der Waals surface area (Å²) in [5.74, 6) is 0.